The lowest BCUT2D eigenvalue weighted by Gasteiger charge is -2.14. The average molecular weight is 445 g/mol. The van der Waals surface area contributed by atoms with Crippen molar-refractivity contribution in [3.8, 4) is 11.5 Å². The van der Waals surface area contributed by atoms with Gasteiger partial charge in [-0.2, -0.15) is 0 Å². The maximum atomic E-state index is 12.6. The van der Waals surface area contributed by atoms with Gasteiger partial charge in [0.05, 0.1) is 12.7 Å². The number of hydrogen-bond donors (Lipinski definition) is 2. The van der Waals surface area contributed by atoms with Crippen molar-refractivity contribution in [2.75, 3.05) is 20.3 Å². The molecule has 0 bridgehead atoms. The zero-order valence-corrected chi connectivity index (χ0v) is 17.8. The Morgan fingerprint density at radius 3 is 2.53 bits per heavy atom. The number of halogens is 1. The van der Waals surface area contributed by atoms with Gasteiger partial charge in [-0.05, 0) is 60.7 Å². The summed E-state index contributed by atoms with van der Waals surface area (Å²) >= 11 is 7.29. The summed E-state index contributed by atoms with van der Waals surface area (Å²) in [6, 6.07) is 17.7. The average Bonchev–Trinajstić information content (AvgIpc) is 2.78. The molecular formula is C22H21ClN2O4S. The molecule has 156 valence electrons. The van der Waals surface area contributed by atoms with Gasteiger partial charge in [0, 0.05) is 22.7 Å². The first-order valence-corrected chi connectivity index (χ1v) is 10.4. The van der Waals surface area contributed by atoms with E-state index in [4.69, 9.17) is 21.1 Å². The number of carbonyl (C=O) groups is 1. The second-order valence-electron chi connectivity index (χ2n) is 6.26. The molecule has 2 N–H and O–H groups in total. The molecular weight excluding hydrogens is 424 g/mol. The van der Waals surface area contributed by atoms with E-state index in [9.17, 15) is 9.90 Å². The minimum Gasteiger partial charge on any atom is -0.497 e. The Kier molecular flexibility index (Phi) is 7.96. The van der Waals surface area contributed by atoms with Gasteiger partial charge in [0.25, 0.3) is 5.91 Å². The van der Waals surface area contributed by atoms with E-state index >= 15 is 0 Å². The topological polar surface area (TPSA) is 80.7 Å². The van der Waals surface area contributed by atoms with Crippen LogP contribution in [0.15, 0.2) is 76.8 Å². The standard InChI is InChI=1S/C22H21ClN2O4S/c1-28-17-6-8-18(9-7-17)29-14-16(26)13-25-21(27)20-3-2-12-24-22(20)30-19-10-4-15(23)5-11-19/h2-12,16,26H,13-14H2,1H3,(H,25,27). The molecule has 0 saturated heterocycles. The summed E-state index contributed by atoms with van der Waals surface area (Å²) in [6.07, 6.45) is 0.770. The van der Waals surface area contributed by atoms with E-state index in [1.807, 2.05) is 12.1 Å². The van der Waals surface area contributed by atoms with Crippen molar-refractivity contribution in [3.05, 3.63) is 77.4 Å². The molecule has 3 aromatic rings. The Morgan fingerprint density at radius 2 is 1.83 bits per heavy atom. The highest BCUT2D eigenvalue weighted by molar-refractivity contribution is 7.99. The molecule has 3 rings (SSSR count). The lowest BCUT2D eigenvalue weighted by atomic mass is 10.2. The molecule has 6 nitrogen and oxygen atoms in total. The summed E-state index contributed by atoms with van der Waals surface area (Å²) in [5.41, 5.74) is 0.431. The molecule has 30 heavy (non-hydrogen) atoms. The number of nitrogens with zero attached hydrogens (tertiary/aromatic N) is 1. The van der Waals surface area contributed by atoms with Crippen LogP contribution >= 0.6 is 23.4 Å². The van der Waals surface area contributed by atoms with Gasteiger partial charge >= 0.3 is 0 Å². The van der Waals surface area contributed by atoms with E-state index in [0.29, 0.717) is 21.4 Å². The van der Waals surface area contributed by atoms with E-state index in [0.717, 1.165) is 10.6 Å². The van der Waals surface area contributed by atoms with Crippen molar-refractivity contribution >= 4 is 29.3 Å². The second kappa shape index (κ2) is 10.9. The maximum Gasteiger partial charge on any atom is 0.254 e. The normalized spacial score (nSPS) is 11.6. The minimum atomic E-state index is -0.861. The lowest BCUT2D eigenvalue weighted by Crippen LogP contribution is -2.35. The maximum absolute atomic E-state index is 12.6. The Hall–Kier alpha value is -2.74. The molecule has 0 aliphatic carbocycles. The number of aliphatic hydroxyl groups excluding tert-OH is 1. The van der Waals surface area contributed by atoms with E-state index in [2.05, 4.69) is 10.3 Å². The van der Waals surface area contributed by atoms with Gasteiger partial charge in [-0.3, -0.25) is 4.79 Å². The molecule has 0 fully saturated rings. The van der Waals surface area contributed by atoms with Crippen LogP contribution in [0.4, 0.5) is 0 Å². The predicted molar refractivity (Wildman–Crippen MR) is 117 cm³/mol. The van der Waals surface area contributed by atoms with Crippen molar-refractivity contribution in [2.45, 2.75) is 16.0 Å². The van der Waals surface area contributed by atoms with Crippen LogP contribution in [-0.2, 0) is 0 Å². The number of nitrogens with one attached hydrogen (secondary N) is 1. The second-order valence-corrected chi connectivity index (χ2v) is 7.76. The van der Waals surface area contributed by atoms with Crippen molar-refractivity contribution in [2.24, 2.45) is 0 Å². The Balaban J connectivity index is 1.53. The number of amides is 1. The van der Waals surface area contributed by atoms with Gasteiger partial charge in [-0.1, -0.05) is 23.4 Å². The molecule has 0 aliphatic heterocycles. The highest BCUT2D eigenvalue weighted by Crippen LogP contribution is 2.29. The number of benzene rings is 2. The number of pyridine rings is 1. The van der Waals surface area contributed by atoms with Crippen LogP contribution in [0, 0.1) is 0 Å². The highest BCUT2D eigenvalue weighted by atomic mass is 35.5. The van der Waals surface area contributed by atoms with Crippen LogP contribution in [0.2, 0.25) is 5.02 Å². The van der Waals surface area contributed by atoms with Gasteiger partial charge in [0.2, 0.25) is 0 Å². The Labute approximate surface area is 184 Å². The molecule has 0 saturated carbocycles. The predicted octanol–water partition coefficient (Wildman–Crippen LogP) is 4.06. The number of aromatic nitrogens is 1. The summed E-state index contributed by atoms with van der Waals surface area (Å²) in [5.74, 6) is 1.01. The van der Waals surface area contributed by atoms with Crippen LogP contribution in [0.25, 0.3) is 0 Å². The van der Waals surface area contributed by atoms with Gasteiger partial charge in [0.15, 0.2) is 0 Å². The number of methoxy groups -OCH3 is 1. The van der Waals surface area contributed by atoms with E-state index in [-0.39, 0.29) is 19.1 Å². The number of carbonyl (C=O) groups excluding carboxylic acids is 1. The molecule has 1 atom stereocenters. The number of hydrogen-bond acceptors (Lipinski definition) is 6. The van der Waals surface area contributed by atoms with E-state index in [1.54, 1.807) is 61.8 Å². The zero-order valence-electron chi connectivity index (χ0n) is 16.2. The zero-order chi connectivity index (χ0) is 21.3. The number of ether oxygens (including phenoxy) is 2. The molecule has 1 heterocycles. The summed E-state index contributed by atoms with van der Waals surface area (Å²) in [5, 5.41) is 14.1. The van der Waals surface area contributed by atoms with Gasteiger partial charge in [-0.15, -0.1) is 0 Å². The molecule has 8 heteroatoms. The van der Waals surface area contributed by atoms with Gasteiger partial charge in [-0.25, -0.2) is 4.98 Å². The third-order valence-corrected chi connectivity index (χ3v) is 5.32. The first-order valence-electron chi connectivity index (χ1n) is 9.16. The quantitative estimate of drug-likeness (QED) is 0.518. The third-order valence-electron chi connectivity index (χ3n) is 4.04. The summed E-state index contributed by atoms with van der Waals surface area (Å²) in [4.78, 5) is 17.8. The summed E-state index contributed by atoms with van der Waals surface area (Å²) < 4.78 is 10.6. The Morgan fingerprint density at radius 1 is 1.13 bits per heavy atom. The smallest absolute Gasteiger partial charge is 0.254 e. The SMILES string of the molecule is COc1ccc(OCC(O)CNC(=O)c2cccnc2Sc2ccc(Cl)cc2)cc1. The van der Waals surface area contributed by atoms with Crippen LogP contribution in [-0.4, -0.2) is 42.4 Å². The molecule has 0 aliphatic rings. The van der Waals surface area contributed by atoms with Gasteiger partial charge in [0.1, 0.15) is 29.2 Å². The highest BCUT2D eigenvalue weighted by Gasteiger charge is 2.15. The van der Waals surface area contributed by atoms with Gasteiger partial charge < -0.3 is 19.9 Å². The van der Waals surface area contributed by atoms with Crippen LogP contribution in [0.3, 0.4) is 0 Å². The van der Waals surface area contributed by atoms with Crippen LogP contribution in [0.1, 0.15) is 10.4 Å². The first kappa shape index (κ1) is 22.0. The molecule has 1 unspecified atom stereocenters. The number of aliphatic hydroxyl groups is 1. The largest absolute Gasteiger partial charge is 0.497 e. The first-order chi connectivity index (χ1) is 14.5. The van der Waals surface area contributed by atoms with Crippen molar-refractivity contribution in [1.29, 1.82) is 0 Å². The summed E-state index contributed by atoms with van der Waals surface area (Å²) in [6.45, 7) is 0.0982. The van der Waals surface area contributed by atoms with Crippen molar-refractivity contribution in [1.82, 2.24) is 10.3 Å². The van der Waals surface area contributed by atoms with Crippen LogP contribution < -0.4 is 14.8 Å². The fourth-order valence-corrected chi connectivity index (χ4v) is 3.49. The Bertz CT molecular complexity index is 968. The van der Waals surface area contributed by atoms with E-state index in [1.165, 1.54) is 11.8 Å². The molecule has 2 aromatic carbocycles. The molecule has 0 radical (unpaired) electrons. The molecule has 0 spiro atoms. The summed E-state index contributed by atoms with van der Waals surface area (Å²) in [7, 11) is 1.59. The van der Waals surface area contributed by atoms with Crippen molar-refractivity contribution in [3.63, 3.8) is 0 Å². The fourth-order valence-electron chi connectivity index (χ4n) is 2.49. The number of rotatable bonds is 9. The fraction of sp³-hybridized carbons (Fsp3) is 0.182. The lowest BCUT2D eigenvalue weighted by molar-refractivity contribution is 0.0841. The monoisotopic (exact) mass is 444 g/mol. The van der Waals surface area contributed by atoms with Crippen molar-refractivity contribution < 1.29 is 19.4 Å². The molecule has 1 amide bonds. The third kappa shape index (κ3) is 6.38. The van der Waals surface area contributed by atoms with Crippen LogP contribution in [0.5, 0.6) is 11.5 Å². The molecule has 1 aromatic heterocycles. The van der Waals surface area contributed by atoms with E-state index < -0.39 is 6.10 Å². The minimum absolute atomic E-state index is 0.0476.